The van der Waals surface area contributed by atoms with E-state index in [0.29, 0.717) is 0 Å². The van der Waals surface area contributed by atoms with Crippen LogP contribution in [0.25, 0.3) is 6.08 Å². The number of thiophene rings is 1. The van der Waals surface area contributed by atoms with E-state index in [1.165, 1.54) is 11.1 Å². The molecule has 1 aliphatic rings. The van der Waals surface area contributed by atoms with Crippen molar-refractivity contribution in [2.75, 3.05) is 20.6 Å². The van der Waals surface area contributed by atoms with E-state index in [2.05, 4.69) is 43.3 Å². The summed E-state index contributed by atoms with van der Waals surface area (Å²) in [6, 6.07) is 10.8. The molecule has 0 aliphatic carbocycles. The first-order chi connectivity index (χ1) is 13.1. The molecule has 5 heteroatoms. The van der Waals surface area contributed by atoms with Crippen LogP contribution in [-0.2, 0) is 17.9 Å². The van der Waals surface area contributed by atoms with E-state index in [0.717, 1.165) is 42.8 Å². The maximum absolute atomic E-state index is 12.8. The van der Waals surface area contributed by atoms with Crippen molar-refractivity contribution in [2.45, 2.75) is 38.5 Å². The number of piperidine rings is 1. The third kappa shape index (κ3) is 5.28. The Balaban J connectivity index is 1.71. The van der Waals surface area contributed by atoms with Gasteiger partial charge in [0.1, 0.15) is 0 Å². The number of carbonyl (C=O) groups is 1. The zero-order valence-electron chi connectivity index (χ0n) is 16.1. The first kappa shape index (κ1) is 19.8. The highest BCUT2D eigenvalue weighted by molar-refractivity contribution is 7.11. The number of hydrogen-bond acceptors (Lipinski definition) is 4. The molecule has 1 saturated heterocycles. The molecule has 1 aromatic carbocycles. The fourth-order valence-electron chi connectivity index (χ4n) is 3.57. The number of likely N-dealkylation sites (tertiary alicyclic amines) is 1. The second kappa shape index (κ2) is 9.31. The van der Waals surface area contributed by atoms with Gasteiger partial charge in [-0.3, -0.25) is 4.79 Å². The summed E-state index contributed by atoms with van der Waals surface area (Å²) in [5.41, 5.74) is 3.40. The summed E-state index contributed by atoms with van der Waals surface area (Å²) in [5, 5.41) is 11.1. The van der Waals surface area contributed by atoms with Gasteiger partial charge in [0.25, 0.3) is 0 Å². The van der Waals surface area contributed by atoms with Crippen LogP contribution in [0.15, 0.2) is 41.8 Å². The Kier molecular flexibility index (Phi) is 6.83. The van der Waals surface area contributed by atoms with E-state index in [4.69, 9.17) is 5.11 Å². The number of rotatable bonds is 6. The van der Waals surface area contributed by atoms with Crippen molar-refractivity contribution in [3.8, 4) is 0 Å². The molecule has 1 aliphatic heterocycles. The molecule has 2 aromatic rings. The standard InChI is InChI=1S/C22H28N2O2S/c1-23(2)14-17-6-8-19(9-7-17)21-5-3-4-12-24(21)22(26)11-10-20-13-18(15-25)16-27-20/h6-11,13,16,21,25H,3-5,12,14-15H2,1-2H3/b11-10+. The third-order valence-electron chi connectivity index (χ3n) is 4.90. The molecular weight excluding hydrogens is 356 g/mol. The van der Waals surface area contributed by atoms with Gasteiger partial charge in [0.2, 0.25) is 5.91 Å². The SMILES string of the molecule is CN(C)Cc1ccc(C2CCCCN2C(=O)/C=C/c2cc(CO)cs2)cc1. The minimum Gasteiger partial charge on any atom is -0.392 e. The second-order valence-corrected chi connectivity index (χ2v) is 8.31. The van der Waals surface area contributed by atoms with E-state index in [1.54, 1.807) is 17.4 Å². The fraction of sp³-hybridized carbons (Fsp3) is 0.409. The Bertz CT molecular complexity index is 780. The summed E-state index contributed by atoms with van der Waals surface area (Å²) in [6.45, 7) is 1.77. The van der Waals surface area contributed by atoms with Crippen LogP contribution < -0.4 is 0 Å². The lowest BCUT2D eigenvalue weighted by atomic mass is 9.94. The number of hydrogen-bond donors (Lipinski definition) is 1. The highest BCUT2D eigenvalue weighted by atomic mass is 32.1. The molecule has 1 fully saturated rings. The van der Waals surface area contributed by atoms with Crippen LogP contribution in [0.5, 0.6) is 0 Å². The molecule has 0 spiro atoms. The monoisotopic (exact) mass is 384 g/mol. The second-order valence-electron chi connectivity index (χ2n) is 7.37. The van der Waals surface area contributed by atoms with Crippen molar-refractivity contribution in [3.63, 3.8) is 0 Å². The Morgan fingerprint density at radius 1 is 1.26 bits per heavy atom. The Morgan fingerprint density at radius 2 is 2.04 bits per heavy atom. The van der Waals surface area contributed by atoms with Crippen LogP contribution in [0.3, 0.4) is 0 Å². The van der Waals surface area contributed by atoms with Crippen LogP contribution in [0.4, 0.5) is 0 Å². The summed E-state index contributed by atoms with van der Waals surface area (Å²) in [4.78, 5) is 18.0. The fourth-order valence-corrected chi connectivity index (χ4v) is 4.36. The van der Waals surface area contributed by atoms with Crippen molar-refractivity contribution in [2.24, 2.45) is 0 Å². The molecule has 27 heavy (non-hydrogen) atoms. The van der Waals surface area contributed by atoms with Gasteiger partial charge in [-0.15, -0.1) is 11.3 Å². The van der Waals surface area contributed by atoms with Gasteiger partial charge >= 0.3 is 0 Å². The third-order valence-corrected chi connectivity index (χ3v) is 5.84. The van der Waals surface area contributed by atoms with Gasteiger partial charge < -0.3 is 14.9 Å². The van der Waals surface area contributed by atoms with Crippen molar-refractivity contribution in [1.29, 1.82) is 0 Å². The molecule has 2 heterocycles. The normalized spacial score (nSPS) is 17.8. The van der Waals surface area contributed by atoms with Crippen LogP contribution in [0, 0.1) is 0 Å². The number of benzene rings is 1. The quantitative estimate of drug-likeness (QED) is 0.764. The topological polar surface area (TPSA) is 43.8 Å². The number of amides is 1. The lowest BCUT2D eigenvalue weighted by Gasteiger charge is -2.35. The zero-order chi connectivity index (χ0) is 19.2. The number of aliphatic hydroxyl groups is 1. The van der Waals surface area contributed by atoms with Gasteiger partial charge in [0.15, 0.2) is 0 Å². The Morgan fingerprint density at radius 3 is 2.70 bits per heavy atom. The molecule has 0 bridgehead atoms. The van der Waals surface area contributed by atoms with E-state index in [1.807, 2.05) is 22.4 Å². The maximum atomic E-state index is 12.8. The average molecular weight is 385 g/mol. The number of nitrogens with zero attached hydrogens (tertiary/aromatic N) is 2. The van der Waals surface area contributed by atoms with Crippen LogP contribution in [0.2, 0.25) is 0 Å². The van der Waals surface area contributed by atoms with Crippen molar-refractivity contribution in [1.82, 2.24) is 9.80 Å². The molecule has 0 radical (unpaired) electrons. The molecule has 1 unspecified atom stereocenters. The molecule has 3 rings (SSSR count). The molecule has 1 N–H and O–H groups in total. The zero-order valence-corrected chi connectivity index (χ0v) is 16.9. The van der Waals surface area contributed by atoms with Crippen molar-refractivity contribution < 1.29 is 9.90 Å². The highest BCUT2D eigenvalue weighted by Crippen LogP contribution is 2.31. The van der Waals surface area contributed by atoms with E-state index >= 15 is 0 Å². The van der Waals surface area contributed by atoms with Gasteiger partial charge in [0.05, 0.1) is 12.6 Å². The van der Waals surface area contributed by atoms with E-state index < -0.39 is 0 Å². The van der Waals surface area contributed by atoms with Gasteiger partial charge in [-0.25, -0.2) is 0 Å². The molecule has 1 atom stereocenters. The Labute approximate surface area is 165 Å². The first-order valence-corrected chi connectivity index (χ1v) is 10.4. The van der Waals surface area contributed by atoms with Crippen molar-refractivity contribution in [3.05, 3.63) is 63.4 Å². The largest absolute Gasteiger partial charge is 0.392 e. The highest BCUT2D eigenvalue weighted by Gasteiger charge is 2.26. The van der Waals surface area contributed by atoms with Crippen LogP contribution >= 0.6 is 11.3 Å². The van der Waals surface area contributed by atoms with E-state index in [9.17, 15) is 4.79 Å². The van der Waals surface area contributed by atoms with Crippen molar-refractivity contribution >= 4 is 23.3 Å². The minimum atomic E-state index is 0.0380. The predicted octanol–water partition coefficient (Wildman–Crippen LogP) is 4.07. The summed E-state index contributed by atoms with van der Waals surface area (Å²) in [7, 11) is 4.14. The molecule has 1 aromatic heterocycles. The lowest BCUT2D eigenvalue weighted by molar-refractivity contribution is -0.129. The maximum Gasteiger partial charge on any atom is 0.247 e. The molecular formula is C22H28N2O2S. The molecule has 144 valence electrons. The first-order valence-electron chi connectivity index (χ1n) is 9.47. The molecule has 1 amide bonds. The summed E-state index contributed by atoms with van der Waals surface area (Å²) >= 11 is 1.54. The molecule has 4 nitrogen and oxygen atoms in total. The van der Waals surface area contributed by atoms with E-state index in [-0.39, 0.29) is 18.6 Å². The molecule has 0 saturated carbocycles. The van der Waals surface area contributed by atoms with Gasteiger partial charge in [-0.2, -0.15) is 0 Å². The Hall–Kier alpha value is -1.95. The van der Waals surface area contributed by atoms with Crippen LogP contribution in [0.1, 0.15) is 46.9 Å². The predicted molar refractivity (Wildman–Crippen MR) is 111 cm³/mol. The van der Waals surface area contributed by atoms with Gasteiger partial charge in [-0.05, 0) is 67.6 Å². The van der Waals surface area contributed by atoms with Crippen LogP contribution in [-0.4, -0.2) is 41.5 Å². The smallest absolute Gasteiger partial charge is 0.247 e. The summed E-state index contributed by atoms with van der Waals surface area (Å²) in [5.74, 6) is 0.0658. The lowest BCUT2D eigenvalue weighted by Crippen LogP contribution is -2.37. The van der Waals surface area contributed by atoms with Gasteiger partial charge in [0, 0.05) is 24.0 Å². The number of carbonyl (C=O) groups excluding carboxylic acids is 1. The minimum absolute atomic E-state index is 0.0380. The summed E-state index contributed by atoms with van der Waals surface area (Å²) in [6.07, 6.45) is 6.76. The van der Waals surface area contributed by atoms with Gasteiger partial charge in [-0.1, -0.05) is 24.3 Å². The number of aliphatic hydroxyl groups excluding tert-OH is 1. The summed E-state index contributed by atoms with van der Waals surface area (Å²) < 4.78 is 0. The average Bonchev–Trinajstić information content (AvgIpc) is 3.14.